The highest BCUT2D eigenvalue weighted by Crippen LogP contribution is 2.28. The summed E-state index contributed by atoms with van der Waals surface area (Å²) < 4.78 is 67.6. The van der Waals surface area contributed by atoms with Crippen molar-refractivity contribution in [1.29, 1.82) is 0 Å². The van der Waals surface area contributed by atoms with Gasteiger partial charge in [-0.05, 0) is 50.2 Å². The predicted octanol–water partition coefficient (Wildman–Crippen LogP) is 1.66. The van der Waals surface area contributed by atoms with E-state index >= 15 is 0 Å². The standard InChI is InChI=1S/C27H29NO10S2/c1-17-8-12-20(13-9-17)39(32,33)36-16-22-25(38-40(34,35)21-14-10-18(2)11-15-21)24(29)23(27(31)37-22)28-26(30)19-6-4-3-5-7-19/h3-15,22-25,27,29,31H,16H2,1-2H3,(H,28,30)/t22-,23-,24-,25-,27+/m1/s1. The van der Waals surface area contributed by atoms with Crippen LogP contribution in [-0.2, 0) is 33.3 Å². The van der Waals surface area contributed by atoms with Gasteiger partial charge in [-0.1, -0.05) is 53.6 Å². The van der Waals surface area contributed by atoms with Crippen molar-refractivity contribution in [3.8, 4) is 0 Å². The van der Waals surface area contributed by atoms with Gasteiger partial charge in [0.15, 0.2) is 6.29 Å². The molecule has 0 saturated carbocycles. The molecule has 13 heteroatoms. The Hall–Kier alpha value is -3.17. The van der Waals surface area contributed by atoms with E-state index in [0.29, 0.717) is 0 Å². The number of aliphatic hydroxyl groups excluding tert-OH is 2. The second-order valence-corrected chi connectivity index (χ2v) is 12.5. The van der Waals surface area contributed by atoms with Crippen molar-refractivity contribution < 1.29 is 44.9 Å². The third kappa shape index (κ3) is 6.93. The molecule has 1 heterocycles. The van der Waals surface area contributed by atoms with Crippen LogP contribution in [0.2, 0.25) is 0 Å². The van der Waals surface area contributed by atoms with E-state index in [1.807, 2.05) is 0 Å². The lowest BCUT2D eigenvalue weighted by atomic mass is 9.97. The predicted molar refractivity (Wildman–Crippen MR) is 142 cm³/mol. The molecule has 1 aliphatic rings. The van der Waals surface area contributed by atoms with E-state index in [0.717, 1.165) is 11.1 Å². The number of hydrogen-bond acceptors (Lipinski definition) is 10. The fraction of sp³-hybridized carbons (Fsp3) is 0.296. The maximum Gasteiger partial charge on any atom is 0.297 e. The molecule has 214 valence electrons. The Morgan fingerprint density at radius 3 is 1.90 bits per heavy atom. The fourth-order valence-corrected chi connectivity index (χ4v) is 6.03. The first-order valence-corrected chi connectivity index (χ1v) is 15.0. The van der Waals surface area contributed by atoms with E-state index in [4.69, 9.17) is 13.1 Å². The van der Waals surface area contributed by atoms with Gasteiger partial charge in [-0.3, -0.25) is 13.2 Å². The van der Waals surface area contributed by atoms with Crippen molar-refractivity contribution in [2.45, 2.75) is 54.3 Å². The number of hydrogen-bond donors (Lipinski definition) is 3. The highest BCUT2D eigenvalue weighted by molar-refractivity contribution is 7.87. The number of nitrogens with one attached hydrogen (secondary N) is 1. The van der Waals surface area contributed by atoms with Crippen molar-refractivity contribution in [2.75, 3.05) is 6.61 Å². The van der Waals surface area contributed by atoms with Gasteiger partial charge in [0.25, 0.3) is 26.1 Å². The van der Waals surface area contributed by atoms with E-state index in [1.54, 1.807) is 56.3 Å². The zero-order valence-corrected chi connectivity index (χ0v) is 23.2. The van der Waals surface area contributed by atoms with E-state index in [-0.39, 0.29) is 15.4 Å². The maximum atomic E-state index is 13.1. The van der Waals surface area contributed by atoms with Crippen LogP contribution in [0.4, 0.5) is 0 Å². The highest BCUT2D eigenvalue weighted by Gasteiger charge is 2.48. The second-order valence-electron chi connectivity index (χ2n) is 9.30. The average Bonchev–Trinajstić information content (AvgIpc) is 2.92. The van der Waals surface area contributed by atoms with Gasteiger partial charge in [0.2, 0.25) is 0 Å². The van der Waals surface area contributed by atoms with Crippen LogP contribution in [0.1, 0.15) is 21.5 Å². The van der Waals surface area contributed by atoms with E-state index in [1.165, 1.54) is 36.4 Å². The SMILES string of the molecule is Cc1ccc(S(=O)(=O)OC[C@H]2O[C@H](O)[C@H](NC(=O)c3ccccc3)[C@@H](O)[C@@H]2OS(=O)(=O)c2ccc(C)cc2)cc1. The topological polar surface area (TPSA) is 166 Å². The van der Waals surface area contributed by atoms with Gasteiger partial charge in [-0.25, -0.2) is 0 Å². The Morgan fingerprint density at radius 2 is 1.35 bits per heavy atom. The number of aliphatic hydroxyl groups is 2. The molecule has 3 aromatic carbocycles. The lowest BCUT2D eigenvalue weighted by molar-refractivity contribution is -0.244. The first-order chi connectivity index (χ1) is 18.9. The number of aryl methyl sites for hydroxylation is 2. The first-order valence-electron chi connectivity index (χ1n) is 12.2. The second kappa shape index (κ2) is 12.1. The minimum absolute atomic E-state index is 0.159. The number of benzene rings is 3. The summed E-state index contributed by atoms with van der Waals surface area (Å²) >= 11 is 0. The molecule has 5 atom stereocenters. The summed E-state index contributed by atoms with van der Waals surface area (Å²) in [5.74, 6) is -0.677. The molecule has 40 heavy (non-hydrogen) atoms. The smallest absolute Gasteiger partial charge is 0.297 e. The zero-order valence-electron chi connectivity index (χ0n) is 21.6. The van der Waals surface area contributed by atoms with Crippen molar-refractivity contribution in [3.05, 3.63) is 95.6 Å². The molecule has 4 rings (SSSR count). The van der Waals surface area contributed by atoms with E-state index in [9.17, 15) is 31.8 Å². The lowest BCUT2D eigenvalue weighted by Gasteiger charge is -2.42. The normalized spacial score (nSPS) is 23.4. The number of carbonyl (C=O) groups excluding carboxylic acids is 1. The molecular formula is C27H29NO10S2. The Bertz CT molecular complexity index is 1530. The first kappa shape index (κ1) is 29.8. The highest BCUT2D eigenvalue weighted by atomic mass is 32.2. The summed E-state index contributed by atoms with van der Waals surface area (Å²) in [5.41, 5.74) is 1.82. The van der Waals surface area contributed by atoms with Crippen LogP contribution in [0.3, 0.4) is 0 Å². The summed E-state index contributed by atoms with van der Waals surface area (Å²) in [6.45, 7) is 2.73. The number of amides is 1. The molecule has 0 spiro atoms. The van der Waals surface area contributed by atoms with Crippen LogP contribution in [0, 0.1) is 13.8 Å². The van der Waals surface area contributed by atoms with Crippen LogP contribution in [-0.4, -0.2) is 70.2 Å². The molecule has 0 aliphatic carbocycles. The lowest BCUT2D eigenvalue weighted by Crippen LogP contribution is -2.65. The summed E-state index contributed by atoms with van der Waals surface area (Å²) in [7, 11) is -8.84. The van der Waals surface area contributed by atoms with Crippen LogP contribution >= 0.6 is 0 Å². The number of ether oxygens (including phenoxy) is 1. The van der Waals surface area contributed by atoms with Crippen LogP contribution in [0.15, 0.2) is 88.7 Å². The Morgan fingerprint density at radius 1 is 0.825 bits per heavy atom. The molecule has 0 bridgehead atoms. The largest absolute Gasteiger partial charge is 0.388 e. The van der Waals surface area contributed by atoms with Gasteiger partial charge in [-0.15, -0.1) is 0 Å². The molecular weight excluding hydrogens is 562 g/mol. The van der Waals surface area contributed by atoms with Gasteiger partial charge in [-0.2, -0.15) is 16.8 Å². The van der Waals surface area contributed by atoms with Crippen molar-refractivity contribution in [3.63, 3.8) is 0 Å². The van der Waals surface area contributed by atoms with Crippen LogP contribution < -0.4 is 5.32 Å². The van der Waals surface area contributed by atoms with Gasteiger partial charge >= 0.3 is 0 Å². The molecule has 11 nitrogen and oxygen atoms in total. The quantitative estimate of drug-likeness (QED) is 0.312. The molecule has 3 N–H and O–H groups in total. The monoisotopic (exact) mass is 591 g/mol. The summed E-state index contributed by atoms with van der Waals surface area (Å²) in [6.07, 6.45) is -7.06. The Balaban J connectivity index is 1.60. The van der Waals surface area contributed by atoms with Gasteiger partial charge < -0.3 is 20.3 Å². The van der Waals surface area contributed by atoms with Crippen molar-refractivity contribution in [2.24, 2.45) is 0 Å². The van der Waals surface area contributed by atoms with Gasteiger partial charge in [0.1, 0.15) is 24.4 Å². The Kier molecular flexibility index (Phi) is 9.05. The number of carbonyl (C=O) groups is 1. The molecule has 0 aromatic heterocycles. The van der Waals surface area contributed by atoms with Crippen LogP contribution in [0.25, 0.3) is 0 Å². The van der Waals surface area contributed by atoms with Gasteiger partial charge in [0.05, 0.1) is 16.4 Å². The van der Waals surface area contributed by atoms with E-state index in [2.05, 4.69) is 5.32 Å². The molecule has 3 aromatic rings. The zero-order chi connectivity index (χ0) is 29.1. The fourth-order valence-electron chi connectivity index (χ4n) is 4.00. The van der Waals surface area contributed by atoms with Crippen LogP contribution in [0.5, 0.6) is 0 Å². The van der Waals surface area contributed by atoms with E-state index < -0.39 is 63.4 Å². The molecule has 0 unspecified atom stereocenters. The minimum Gasteiger partial charge on any atom is -0.388 e. The molecule has 1 aliphatic heterocycles. The summed E-state index contributed by atoms with van der Waals surface area (Å²) in [6, 6.07) is 17.9. The van der Waals surface area contributed by atoms with Crippen molar-refractivity contribution in [1.82, 2.24) is 5.32 Å². The molecule has 0 radical (unpaired) electrons. The van der Waals surface area contributed by atoms with Gasteiger partial charge in [0, 0.05) is 5.56 Å². The third-order valence-electron chi connectivity index (χ3n) is 6.27. The molecule has 1 fully saturated rings. The van der Waals surface area contributed by atoms with Crippen molar-refractivity contribution >= 4 is 26.1 Å². The summed E-state index contributed by atoms with van der Waals surface area (Å²) in [5, 5.41) is 24.2. The minimum atomic E-state index is -4.51. The number of rotatable bonds is 9. The molecule has 1 amide bonds. The maximum absolute atomic E-state index is 13.1. The Labute approximate surface area is 232 Å². The third-order valence-corrected chi connectivity index (χ3v) is 8.89. The average molecular weight is 592 g/mol. The summed E-state index contributed by atoms with van der Waals surface area (Å²) in [4.78, 5) is 12.3. The molecule has 1 saturated heterocycles.